The number of hydrogen-bond donors (Lipinski definition) is 1. The van der Waals surface area contributed by atoms with Crippen LogP contribution in [-0.2, 0) is 20.7 Å². The molecule has 1 N–H and O–H groups in total. The molecular formula is C19H17BrClNO4. The van der Waals surface area contributed by atoms with Crippen molar-refractivity contribution in [2.24, 2.45) is 0 Å². The molecule has 0 atom stereocenters. The summed E-state index contributed by atoms with van der Waals surface area (Å²) in [5, 5.41) is 3.08. The van der Waals surface area contributed by atoms with Crippen LogP contribution in [0.3, 0.4) is 0 Å². The van der Waals surface area contributed by atoms with Gasteiger partial charge in [0.2, 0.25) is 5.91 Å². The van der Waals surface area contributed by atoms with E-state index in [0.29, 0.717) is 21.8 Å². The lowest BCUT2D eigenvalue weighted by atomic mass is 9.98. The number of anilines is 1. The Hall–Kier alpha value is -2.18. The van der Waals surface area contributed by atoms with Gasteiger partial charge in [-0.15, -0.1) is 0 Å². The van der Waals surface area contributed by atoms with E-state index in [1.165, 1.54) is 0 Å². The largest absolute Gasteiger partial charge is 0.466 e. The minimum atomic E-state index is -0.388. The van der Waals surface area contributed by atoms with E-state index in [0.717, 1.165) is 0 Å². The maximum atomic E-state index is 13.0. The van der Waals surface area contributed by atoms with Gasteiger partial charge in [0.1, 0.15) is 0 Å². The lowest BCUT2D eigenvalue weighted by Gasteiger charge is -2.13. The van der Waals surface area contributed by atoms with E-state index in [4.69, 9.17) is 16.3 Å². The van der Waals surface area contributed by atoms with Gasteiger partial charge in [-0.1, -0.05) is 45.7 Å². The third-order valence-electron chi connectivity index (χ3n) is 3.50. The highest BCUT2D eigenvalue weighted by Crippen LogP contribution is 2.25. The molecule has 2 rings (SSSR count). The Labute approximate surface area is 164 Å². The van der Waals surface area contributed by atoms with Crippen LogP contribution in [0.2, 0.25) is 5.02 Å². The molecule has 0 fully saturated rings. The molecule has 7 heteroatoms. The second kappa shape index (κ2) is 9.50. The second-order valence-corrected chi connectivity index (χ2v) is 6.32. The van der Waals surface area contributed by atoms with Gasteiger partial charge in [0, 0.05) is 11.1 Å². The molecule has 0 unspecified atom stereocenters. The molecule has 0 aliphatic heterocycles. The monoisotopic (exact) mass is 437 g/mol. The Bertz CT molecular complexity index is 838. The van der Waals surface area contributed by atoms with Crippen LogP contribution < -0.4 is 5.32 Å². The summed E-state index contributed by atoms with van der Waals surface area (Å²) in [5.74, 6) is -1.02. The molecule has 0 saturated heterocycles. The first-order chi connectivity index (χ1) is 12.5. The van der Waals surface area contributed by atoms with Gasteiger partial charge in [-0.2, -0.15) is 0 Å². The zero-order valence-electron chi connectivity index (χ0n) is 14.1. The number of amides is 1. The molecule has 136 valence electrons. The Morgan fingerprint density at radius 1 is 1.12 bits per heavy atom. The fourth-order valence-corrected chi connectivity index (χ4v) is 2.71. The van der Waals surface area contributed by atoms with E-state index >= 15 is 0 Å². The minimum absolute atomic E-state index is 0.0311. The summed E-state index contributed by atoms with van der Waals surface area (Å²) in [4.78, 5) is 36.4. The molecule has 2 aromatic carbocycles. The fraction of sp³-hybridized carbons (Fsp3) is 0.211. The average molecular weight is 439 g/mol. The van der Waals surface area contributed by atoms with Crippen molar-refractivity contribution < 1.29 is 19.1 Å². The van der Waals surface area contributed by atoms with Gasteiger partial charge in [0.05, 0.1) is 29.1 Å². The third-order valence-corrected chi connectivity index (χ3v) is 4.34. The smallest absolute Gasteiger partial charge is 0.310 e. The number of carbonyl (C=O) groups excluding carboxylic acids is 3. The van der Waals surface area contributed by atoms with Crippen LogP contribution in [0, 0.1) is 0 Å². The molecule has 26 heavy (non-hydrogen) atoms. The van der Waals surface area contributed by atoms with E-state index in [1.54, 1.807) is 49.4 Å². The number of ether oxygens (including phenoxy) is 1. The topological polar surface area (TPSA) is 72.5 Å². The molecule has 0 radical (unpaired) electrons. The van der Waals surface area contributed by atoms with E-state index < -0.39 is 0 Å². The molecular weight excluding hydrogens is 422 g/mol. The summed E-state index contributed by atoms with van der Waals surface area (Å²) in [6.45, 7) is 2.01. The van der Waals surface area contributed by atoms with Crippen molar-refractivity contribution in [3.8, 4) is 0 Å². The lowest BCUT2D eigenvalue weighted by molar-refractivity contribution is -0.142. The highest BCUT2D eigenvalue weighted by Gasteiger charge is 2.19. The predicted molar refractivity (Wildman–Crippen MR) is 104 cm³/mol. The standard InChI is InChI=1S/C19H17BrClNO4/c1-2-26-18(24)10-12-7-8-16(22-17(23)11-20)14(9-12)19(25)13-5-3-4-6-15(13)21/h3-9H,2,10-11H2,1H3,(H,22,23). The zero-order chi connectivity index (χ0) is 19.1. The average Bonchev–Trinajstić information content (AvgIpc) is 2.63. The molecule has 0 aromatic heterocycles. The Morgan fingerprint density at radius 3 is 2.50 bits per heavy atom. The SMILES string of the molecule is CCOC(=O)Cc1ccc(NC(=O)CBr)c(C(=O)c2ccccc2Cl)c1. The van der Waals surface area contributed by atoms with Gasteiger partial charge in [0.25, 0.3) is 0 Å². The van der Waals surface area contributed by atoms with Gasteiger partial charge in [-0.25, -0.2) is 0 Å². The van der Waals surface area contributed by atoms with E-state index in [2.05, 4.69) is 21.2 Å². The Kier molecular flexibility index (Phi) is 7.36. The van der Waals surface area contributed by atoms with Gasteiger partial charge in [-0.3, -0.25) is 14.4 Å². The van der Waals surface area contributed by atoms with Crippen molar-refractivity contribution >= 4 is 50.9 Å². The first kappa shape index (κ1) is 20.1. The highest BCUT2D eigenvalue weighted by atomic mass is 79.9. The molecule has 5 nitrogen and oxygen atoms in total. The number of esters is 1. The fourth-order valence-electron chi connectivity index (χ4n) is 2.35. The first-order valence-electron chi connectivity index (χ1n) is 7.89. The van der Waals surface area contributed by atoms with Crippen molar-refractivity contribution in [3.63, 3.8) is 0 Å². The molecule has 0 spiro atoms. The van der Waals surface area contributed by atoms with Crippen molar-refractivity contribution in [1.29, 1.82) is 0 Å². The number of hydrogen-bond acceptors (Lipinski definition) is 4. The van der Waals surface area contributed by atoms with Crippen molar-refractivity contribution in [1.82, 2.24) is 0 Å². The summed E-state index contributed by atoms with van der Waals surface area (Å²) in [5.41, 5.74) is 1.54. The minimum Gasteiger partial charge on any atom is -0.466 e. The maximum Gasteiger partial charge on any atom is 0.310 e. The van der Waals surface area contributed by atoms with Crippen LogP contribution in [0.4, 0.5) is 5.69 Å². The number of nitrogens with one attached hydrogen (secondary N) is 1. The van der Waals surface area contributed by atoms with Gasteiger partial charge >= 0.3 is 5.97 Å². The second-order valence-electron chi connectivity index (χ2n) is 5.35. The summed E-state index contributed by atoms with van der Waals surface area (Å²) in [6.07, 6.45) is 0.0311. The van der Waals surface area contributed by atoms with Crippen LogP contribution in [0.15, 0.2) is 42.5 Å². The van der Waals surface area contributed by atoms with Crippen LogP contribution in [-0.4, -0.2) is 29.6 Å². The summed E-state index contributed by atoms with van der Waals surface area (Å²) < 4.78 is 4.94. The molecule has 0 bridgehead atoms. The number of rotatable bonds is 7. The maximum absolute atomic E-state index is 13.0. The van der Waals surface area contributed by atoms with Gasteiger partial charge in [-0.05, 0) is 36.8 Å². The lowest BCUT2D eigenvalue weighted by Crippen LogP contribution is -2.16. The third kappa shape index (κ3) is 5.16. The van der Waals surface area contributed by atoms with Crippen LogP contribution >= 0.6 is 27.5 Å². The molecule has 1 amide bonds. The quantitative estimate of drug-likeness (QED) is 0.403. The van der Waals surface area contributed by atoms with Crippen molar-refractivity contribution in [3.05, 3.63) is 64.2 Å². The molecule has 0 aliphatic carbocycles. The molecule has 0 saturated carbocycles. The Morgan fingerprint density at radius 2 is 1.85 bits per heavy atom. The van der Waals surface area contributed by atoms with Crippen LogP contribution in [0.1, 0.15) is 28.4 Å². The van der Waals surface area contributed by atoms with E-state index in [1.807, 2.05) is 0 Å². The highest BCUT2D eigenvalue weighted by molar-refractivity contribution is 9.09. The van der Waals surface area contributed by atoms with Crippen LogP contribution in [0.25, 0.3) is 0 Å². The number of carbonyl (C=O) groups is 3. The normalized spacial score (nSPS) is 10.3. The first-order valence-corrected chi connectivity index (χ1v) is 9.39. The van der Waals surface area contributed by atoms with Crippen molar-refractivity contribution in [2.75, 3.05) is 17.3 Å². The van der Waals surface area contributed by atoms with Gasteiger partial charge < -0.3 is 10.1 Å². The number of alkyl halides is 1. The number of benzene rings is 2. The number of halogens is 2. The Balaban J connectivity index is 2.44. The predicted octanol–water partition coefficient (Wildman–Crippen LogP) is 4.01. The molecule has 0 heterocycles. The van der Waals surface area contributed by atoms with E-state index in [9.17, 15) is 14.4 Å². The zero-order valence-corrected chi connectivity index (χ0v) is 16.4. The number of ketones is 1. The molecule has 2 aromatic rings. The molecule has 0 aliphatic rings. The van der Waals surface area contributed by atoms with Gasteiger partial charge in [0.15, 0.2) is 5.78 Å². The van der Waals surface area contributed by atoms with Crippen LogP contribution in [0.5, 0.6) is 0 Å². The van der Waals surface area contributed by atoms with E-state index in [-0.39, 0.29) is 41.6 Å². The van der Waals surface area contributed by atoms with Crippen molar-refractivity contribution in [2.45, 2.75) is 13.3 Å². The summed E-state index contributed by atoms with van der Waals surface area (Å²) >= 11 is 9.21. The summed E-state index contributed by atoms with van der Waals surface area (Å²) in [6, 6.07) is 11.5. The summed E-state index contributed by atoms with van der Waals surface area (Å²) in [7, 11) is 0.